The summed E-state index contributed by atoms with van der Waals surface area (Å²) >= 11 is 0. The van der Waals surface area contributed by atoms with Gasteiger partial charge >= 0.3 is 5.97 Å². The van der Waals surface area contributed by atoms with E-state index >= 15 is 0 Å². The lowest BCUT2D eigenvalue weighted by atomic mass is 9.81. The van der Waals surface area contributed by atoms with Crippen LogP contribution in [0.3, 0.4) is 0 Å². The number of benzene rings is 2. The van der Waals surface area contributed by atoms with E-state index in [2.05, 4.69) is 0 Å². The van der Waals surface area contributed by atoms with Gasteiger partial charge in [0, 0.05) is 12.0 Å². The third kappa shape index (κ3) is 2.99. The Morgan fingerprint density at radius 2 is 1.50 bits per heavy atom. The number of aliphatic hydroxyl groups excluding tert-OH is 1. The molecule has 0 saturated heterocycles. The van der Waals surface area contributed by atoms with Gasteiger partial charge in [-0.1, -0.05) is 66.7 Å². The number of Topliss-reactive ketones (excluding diaryl/α,β-unsaturated/α-hetero) is 1. The van der Waals surface area contributed by atoms with Crippen LogP contribution in [0.15, 0.2) is 72.3 Å². The minimum Gasteiger partial charge on any atom is -0.507 e. The van der Waals surface area contributed by atoms with Crippen LogP contribution in [0.5, 0.6) is 0 Å². The van der Waals surface area contributed by atoms with E-state index in [9.17, 15) is 19.8 Å². The van der Waals surface area contributed by atoms with Crippen LogP contribution in [-0.4, -0.2) is 22.0 Å². The van der Waals surface area contributed by atoms with Gasteiger partial charge in [0.2, 0.25) is 0 Å². The number of ketones is 1. The Balaban J connectivity index is 2.21. The Labute approximate surface area is 139 Å². The summed E-state index contributed by atoms with van der Waals surface area (Å²) in [4.78, 5) is 23.9. The number of aliphatic hydroxyl groups is 1. The first-order valence-electron chi connectivity index (χ1n) is 7.60. The van der Waals surface area contributed by atoms with Crippen molar-refractivity contribution in [3.63, 3.8) is 0 Å². The molecular formula is C20H16O4. The normalized spacial score (nSPS) is 19.6. The maximum absolute atomic E-state index is 12.6. The summed E-state index contributed by atoms with van der Waals surface area (Å²) in [6.45, 7) is 0. The molecule has 2 aromatic rings. The Kier molecular flexibility index (Phi) is 4.29. The van der Waals surface area contributed by atoms with Crippen molar-refractivity contribution in [2.45, 2.75) is 6.42 Å². The second-order valence-corrected chi connectivity index (χ2v) is 5.61. The second kappa shape index (κ2) is 6.54. The third-order valence-corrected chi connectivity index (χ3v) is 4.01. The summed E-state index contributed by atoms with van der Waals surface area (Å²) in [5, 5.41) is 19.9. The van der Waals surface area contributed by atoms with Gasteiger partial charge in [0.25, 0.3) is 0 Å². The van der Waals surface area contributed by atoms with Gasteiger partial charge in [0.15, 0.2) is 5.78 Å². The molecule has 120 valence electrons. The Morgan fingerprint density at radius 3 is 2.08 bits per heavy atom. The highest BCUT2D eigenvalue weighted by Crippen LogP contribution is 2.36. The van der Waals surface area contributed by atoms with E-state index in [0.29, 0.717) is 16.7 Å². The second-order valence-electron chi connectivity index (χ2n) is 5.61. The van der Waals surface area contributed by atoms with Crippen molar-refractivity contribution in [3.8, 4) is 0 Å². The van der Waals surface area contributed by atoms with E-state index in [1.165, 1.54) is 0 Å². The number of carbonyl (C=O) groups is 2. The molecule has 4 heteroatoms. The summed E-state index contributed by atoms with van der Waals surface area (Å²) in [7, 11) is 0. The van der Waals surface area contributed by atoms with E-state index < -0.39 is 11.9 Å². The fraction of sp³-hybridized carbons (Fsp3) is 0.100. The van der Waals surface area contributed by atoms with Crippen molar-refractivity contribution in [2.75, 3.05) is 0 Å². The molecule has 1 atom stereocenters. The van der Waals surface area contributed by atoms with Gasteiger partial charge in [-0.25, -0.2) is 0 Å². The molecule has 1 unspecified atom stereocenters. The Hall–Kier alpha value is -3.14. The summed E-state index contributed by atoms with van der Waals surface area (Å²) < 4.78 is 0. The van der Waals surface area contributed by atoms with Crippen LogP contribution in [0.1, 0.15) is 17.5 Å². The first kappa shape index (κ1) is 15.7. The van der Waals surface area contributed by atoms with E-state index in [4.69, 9.17) is 0 Å². The number of carbonyl (C=O) groups excluding carboxylic acids is 1. The van der Waals surface area contributed by atoms with E-state index in [0.717, 1.165) is 0 Å². The summed E-state index contributed by atoms with van der Waals surface area (Å²) in [6.07, 6.45) is 1.39. The number of carboxylic acids is 1. The van der Waals surface area contributed by atoms with Crippen LogP contribution in [0.2, 0.25) is 0 Å². The Morgan fingerprint density at radius 1 is 0.917 bits per heavy atom. The van der Waals surface area contributed by atoms with Crippen LogP contribution in [0, 0.1) is 5.92 Å². The van der Waals surface area contributed by atoms with E-state index in [1.54, 1.807) is 42.5 Å². The molecule has 1 aliphatic carbocycles. The number of rotatable bonds is 3. The molecule has 4 nitrogen and oxygen atoms in total. The fourth-order valence-electron chi connectivity index (χ4n) is 2.81. The molecule has 1 aliphatic rings. The maximum Gasteiger partial charge on any atom is 0.310 e. The lowest BCUT2D eigenvalue weighted by Crippen LogP contribution is -2.23. The van der Waals surface area contributed by atoms with Gasteiger partial charge in [-0.05, 0) is 11.1 Å². The van der Waals surface area contributed by atoms with Gasteiger partial charge in [-0.15, -0.1) is 0 Å². The monoisotopic (exact) mass is 320 g/mol. The lowest BCUT2D eigenvalue weighted by molar-refractivity contribution is -0.141. The largest absolute Gasteiger partial charge is 0.507 e. The molecule has 0 aliphatic heterocycles. The molecule has 0 spiro atoms. The SMILES string of the molecule is O=C1CC(C(=O)O)C=C(c2ccccc2)/C1=C(\O)c1ccccc1. The molecule has 0 radical (unpaired) electrons. The zero-order chi connectivity index (χ0) is 17.1. The molecule has 3 rings (SSSR count). The maximum atomic E-state index is 12.6. The van der Waals surface area contributed by atoms with Crippen molar-refractivity contribution >= 4 is 23.1 Å². The zero-order valence-corrected chi connectivity index (χ0v) is 12.8. The number of hydrogen-bond donors (Lipinski definition) is 2. The van der Waals surface area contributed by atoms with Gasteiger partial charge in [-0.2, -0.15) is 0 Å². The van der Waals surface area contributed by atoms with Crippen molar-refractivity contribution in [1.82, 2.24) is 0 Å². The first-order chi connectivity index (χ1) is 11.6. The standard InChI is InChI=1S/C20H16O4/c21-17-12-15(20(23)24)11-16(13-7-3-1-4-8-13)18(17)19(22)14-9-5-2-6-10-14/h1-11,15,22H,12H2,(H,23,24)/b19-18+. The van der Waals surface area contributed by atoms with Gasteiger partial charge in [0.1, 0.15) is 5.76 Å². The molecule has 0 fully saturated rings. The smallest absolute Gasteiger partial charge is 0.310 e. The number of carboxylic acid groups (broad SMARTS) is 1. The number of allylic oxidation sites excluding steroid dienone is 2. The first-order valence-corrected chi connectivity index (χ1v) is 7.60. The molecule has 0 saturated carbocycles. The van der Waals surface area contributed by atoms with Crippen molar-refractivity contribution in [1.29, 1.82) is 0 Å². The molecule has 0 bridgehead atoms. The van der Waals surface area contributed by atoms with Crippen molar-refractivity contribution in [2.24, 2.45) is 5.92 Å². The molecule has 24 heavy (non-hydrogen) atoms. The fourth-order valence-corrected chi connectivity index (χ4v) is 2.81. The predicted molar refractivity (Wildman–Crippen MR) is 91.2 cm³/mol. The molecule has 0 aromatic heterocycles. The highest BCUT2D eigenvalue weighted by atomic mass is 16.4. The number of aliphatic carboxylic acids is 1. The molecule has 0 amide bonds. The average Bonchev–Trinajstić information content (AvgIpc) is 2.62. The van der Waals surface area contributed by atoms with Crippen LogP contribution in [-0.2, 0) is 9.59 Å². The van der Waals surface area contributed by atoms with Crippen LogP contribution >= 0.6 is 0 Å². The van der Waals surface area contributed by atoms with Gasteiger partial charge in [-0.3, -0.25) is 9.59 Å². The summed E-state index contributed by atoms with van der Waals surface area (Å²) in [6, 6.07) is 17.8. The van der Waals surface area contributed by atoms with Crippen molar-refractivity contribution < 1.29 is 19.8 Å². The molecule has 0 heterocycles. The summed E-state index contributed by atoms with van der Waals surface area (Å²) in [5.41, 5.74) is 1.86. The minimum atomic E-state index is -1.05. The molecular weight excluding hydrogens is 304 g/mol. The van der Waals surface area contributed by atoms with Crippen molar-refractivity contribution in [3.05, 3.63) is 83.4 Å². The summed E-state index contributed by atoms with van der Waals surface area (Å²) in [5.74, 6) is -2.43. The molecule has 2 aromatic carbocycles. The van der Waals surface area contributed by atoms with Gasteiger partial charge < -0.3 is 10.2 Å². The van der Waals surface area contributed by atoms with E-state index in [-0.39, 0.29) is 23.5 Å². The van der Waals surface area contributed by atoms with Crippen LogP contribution < -0.4 is 0 Å². The van der Waals surface area contributed by atoms with E-state index in [1.807, 2.05) is 24.3 Å². The quantitative estimate of drug-likeness (QED) is 0.668. The minimum absolute atomic E-state index is 0.125. The highest BCUT2D eigenvalue weighted by molar-refractivity contribution is 6.18. The highest BCUT2D eigenvalue weighted by Gasteiger charge is 2.32. The average molecular weight is 320 g/mol. The predicted octanol–water partition coefficient (Wildman–Crippen LogP) is 3.71. The topological polar surface area (TPSA) is 74.6 Å². The van der Waals surface area contributed by atoms with Gasteiger partial charge in [0.05, 0.1) is 11.5 Å². The van der Waals surface area contributed by atoms with Crippen LogP contribution in [0.25, 0.3) is 11.3 Å². The van der Waals surface area contributed by atoms with Crippen LogP contribution in [0.4, 0.5) is 0 Å². The third-order valence-electron chi connectivity index (χ3n) is 4.01. The number of hydrogen-bond acceptors (Lipinski definition) is 3. The lowest BCUT2D eigenvalue weighted by Gasteiger charge is -2.22. The Bertz CT molecular complexity index is 832. The zero-order valence-electron chi connectivity index (χ0n) is 12.8. The molecule has 2 N–H and O–H groups in total.